The fraction of sp³-hybridized carbons (Fsp3) is 0.786. The molecule has 0 spiro atoms. The van der Waals surface area contributed by atoms with Crippen molar-refractivity contribution in [2.75, 3.05) is 0 Å². The normalized spacial score (nSPS) is 46.4. The van der Waals surface area contributed by atoms with E-state index in [0.717, 1.165) is 34.3 Å². The molecule has 0 aliphatic heterocycles. The SMILES string of the molecule is C/C(Cl)=C(/C#N)C1C2CC3CC(C2)CC1C3. The van der Waals surface area contributed by atoms with Gasteiger partial charge in [-0.15, -0.1) is 0 Å². The molecule has 4 saturated carbocycles. The van der Waals surface area contributed by atoms with Crippen molar-refractivity contribution in [1.82, 2.24) is 0 Å². The molecule has 4 aliphatic rings. The summed E-state index contributed by atoms with van der Waals surface area (Å²) in [5.41, 5.74) is 0.899. The molecule has 0 aromatic heterocycles. The summed E-state index contributed by atoms with van der Waals surface area (Å²) in [6.07, 6.45) is 6.88. The summed E-state index contributed by atoms with van der Waals surface area (Å²) in [5, 5.41) is 10.0. The minimum atomic E-state index is 0.496. The first-order valence-electron chi connectivity index (χ1n) is 6.45. The molecule has 86 valence electrons. The molecule has 1 nitrogen and oxygen atoms in total. The third-order valence-electron chi connectivity index (χ3n) is 5.05. The fourth-order valence-electron chi connectivity index (χ4n) is 4.78. The quantitative estimate of drug-likeness (QED) is 0.628. The molecule has 0 N–H and O–H groups in total. The highest BCUT2D eigenvalue weighted by Gasteiger charge is 2.49. The van der Waals surface area contributed by atoms with Crippen LogP contribution in [0.4, 0.5) is 0 Å². The first kappa shape index (κ1) is 10.7. The zero-order valence-corrected chi connectivity index (χ0v) is 10.5. The van der Waals surface area contributed by atoms with Crippen LogP contribution in [-0.2, 0) is 0 Å². The van der Waals surface area contributed by atoms with Crippen molar-refractivity contribution in [3.63, 3.8) is 0 Å². The van der Waals surface area contributed by atoms with Crippen LogP contribution in [0.3, 0.4) is 0 Å². The molecule has 0 atom stereocenters. The van der Waals surface area contributed by atoms with Gasteiger partial charge in [0.05, 0.1) is 6.07 Å². The predicted octanol–water partition coefficient (Wildman–Crippen LogP) is 4.10. The van der Waals surface area contributed by atoms with Gasteiger partial charge in [-0.3, -0.25) is 0 Å². The maximum absolute atomic E-state index is 9.29. The summed E-state index contributed by atoms with van der Waals surface area (Å²) in [6, 6.07) is 2.38. The maximum atomic E-state index is 9.29. The molecular weight excluding hydrogens is 218 g/mol. The maximum Gasteiger partial charge on any atom is 0.0962 e. The van der Waals surface area contributed by atoms with Crippen molar-refractivity contribution in [1.29, 1.82) is 5.26 Å². The highest BCUT2D eigenvalue weighted by Crippen LogP contribution is 2.58. The summed E-state index contributed by atoms with van der Waals surface area (Å²) in [4.78, 5) is 0. The van der Waals surface area contributed by atoms with Crippen LogP contribution in [0.5, 0.6) is 0 Å². The third-order valence-corrected chi connectivity index (χ3v) is 5.26. The molecule has 0 heterocycles. The predicted molar refractivity (Wildman–Crippen MR) is 64.7 cm³/mol. The number of hydrogen-bond donors (Lipinski definition) is 0. The lowest BCUT2D eigenvalue weighted by Crippen LogP contribution is -2.45. The zero-order valence-electron chi connectivity index (χ0n) is 9.75. The molecule has 4 fully saturated rings. The number of nitriles is 1. The van der Waals surface area contributed by atoms with E-state index in [2.05, 4.69) is 6.07 Å². The monoisotopic (exact) mass is 235 g/mol. The number of halogens is 1. The second kappa shape index (κ2) is 3.77. The van der Waals surface area contributed by atoms with Crippen molar-refractivity contribution < 1.29 is 0 Å². The summed E-state index contributed by atoms with van der Waals surface area (Å²) in [7, 11) is 0. The molecule has 4 rings (SSSR count). The lowest BCUT2D eigenvalue weighted by atomic mass is 9.50. The highest BCUT2D eigenvalue weighted by atomic mass is 35.5. The molecule has 0 unspecified atom stereocenters. The topological polar surface area (TPSA) is 23.8 Å². The van der Waals surface area contributed by atoms with Crippen molar-refractivity contribution in [2.45, 2.75) is 39.0 Å². The van der Waals surface area contributed by atoms with Gasteiger partial charge in [-0.1, -0.05) is 11.6 Å². The molecule has 16 heavy (non-hydrogen) atoms. The van der Waals surface area contributed by atoms with Gasteiger partial charge in [0.15, 0.2) is 0 Å². The molecular formula is C14H18ClN. The van der Waals surface area contributed by atoms with E-state index in [9.17, 15) is 5.26 Å². The lowest BCUT2D eigenvalue weighted by Gasteiger charge is -2.54. The molecule has 0 aromatic carbocycles. The van der Waals surface area contributed by atoms with Crippen LogP contribution in [0.15, 0.2) is 10.6 Å². The standard InChI is InChI=1S/C14H18ClN/c1-8(15)13(7-16)14-11-3-9-2-10(5-11)6-12(14)4-9/h9-12,14H,2-6H2,1H3/b13-8+. The van der Waals surface area contributed by atoms with Crippen molar-refractivity contribution >= 4 is 11.6 Å². The van der Waals surface area contributed by atoms with Crippen LogP contribution in [0.2, 0.25) is 0 Å². The van der Waals surface area contributed by atoms with Crippen LogP contribution < -0.4 is 0 Å². The van der Waals surface area contributed by atoms with Gasteiger partial charge >= 0.3 is 0 Å². The summed E-state index contributed by atoms with van der Waals surface area (Å²) in [5.74, 6) is 3.96. The average Bonchev–Trinajstić information content (AvgIpc) is 2.21. The summed E-state index contributed by atoms with van der Waals surface area (Å²) >= 11 is 6.09. The Hall–Kier alpha value is -0.480. The van der Waals surface area contributed by atoms with E-state index in [1.165, 1.54) is 32.1 Å². The first-order valence-corrected chi connectivity index (χ1v) is 6.83. The van der Waals surface area contributed by atoms with Crippen LogP contribution >= 0.6 is 11.6 Å². The van der Waals surface area contributed by atoms with E-state index in [1.807, 2.05) is 6.92 Å². The van der Waals surface area contributed by atoms with E-state index < -0.39 is 0 Å². The van der Waals surface area contributed by atoms with Crippen molar-refractivity contribution in [3.05, 3.63) is 10.6 Å². The van der Waals surface area contributed by atoms with E-state index in [-0.39, 0.29) is 0 Å². The Kier molecular flexibility index (Phi) is 2.51. The Bertz CT molecular complexity index is 345. The Balaban J connectivity index is 1.93. The van der Waals surface area contributed by atoms with E-state index in [1.54, 1.807) is 0 Å². The smallest absolute Gasteiger partial charge is 0.0962 e. The number of rotatable bonds is 1. The van der Waals surface area contributed by atoms with E-state index >= 15 is 0 Å². The van der Waals surface area contributed by atoms with Gasteiger partial charge in [0.2, 0.25) is 0 Å². The van der Waals surface area contributed by atoms with Gasteiger partial charge in [-0.05, 0) is 62.7 Å². The molecule has 2 heteroatoms. The molecule has 4 aliphatic carbocycles. The van der Waals surface area contributed by atoms with Crippen LogP contribution in [0.1, 0.15) is 39.0 Å². The minimum Gasteiger partial charge on any atom is -0.193 e. The highest BCUT2D eigenvalue weighted by molar-refractivity contribution is 6.29. The second-order valence-corrected chi connectivity index (χ2v) is 6.58. The van der Waals surface area contributed by atoms with Gasteiger partial charge in [-0.2, -0.15) is 5.26 Å². The van der Waals surface area contributed by atoms with Gasteiger partial charge in [0, 0.05) is 16.5 Å². The van der Waals surface area contributed by atoms with Gasteiger partial charge in [0.25, 0.3) is 0 Å². The molecule has 0 radical (unpaired) electrons. The number of nitrogens with zero attached hydrogens (tertiary/aromatic N) is 1. The Labute approximate surface area is 102 Å². The number of hydrogen-bond acceptors (Lipinski definition) is 1. The Morgan fingerprint density at radius 1 is 1.06 bits per heavy atom. The summed E-state index contributed by atoms with van der Waals surface area (Å²) < 4.78 is 0. The van der Waals surface area contributed by atoms with Crippen molar-refractivity contribution in [3.8, 4) is 6.07 Å². The third kappa shape index (κ3) is 1.51. The van der Waals surface area contributed by atoms with Crippen LogP contribution in [-0.4, -0.2) is 0 Å². The van der Waals surface area contributed by atoms with Crippen molar-refractivity contribution in [2.24, 2.45) is 29.6 Å². The molecule has 0 amide bonds. The van der Waals surface area contributed by atoms with Gasteiger partial charge in [-0.25, -0.2) is 0 Å². The van der Waals surface area contributed by atoms with E-state index in [4.69, 9.17) is 11.6 Å². The molecule has 4 bridgehead atoms. The van der Waals surface area contributed by atoms with E-state index in [0.29, 0.717) is 5.92 Å². The lowest BCUT2D eigenvalue weighted by molar-refractivity contribution is -0.0192. The Morgan fingerprint density at radius 3 is 1.94 bits per heavy atom. The molecule has 0 aromatic rings. The fourth-order valence-corrected chi connectivity index (χ4v) is 4.95. The first-order chi connectivity index (χ1) is 7.69. The Morgan fingerprint density at radius 2 is 1.56 bits per heavy atom. The van der Waals surface area contributed by atoms with Crippen LogP contribution in [0, 0.1) is 40.9 Å². The number of allylic oxidation sites excluding steroid dienone is 2. The summed E-state index contributed by atoms with van der Waals surface area (Å²) in [6.45, 7) is 1.88. The zero-order chi connectivity index (χ0) is 11.3. The minimum absolute atomic E-state index is 0.496. The largest absolute Gasteiger partial charge is 0.193 e. The second-order valence-electron chi connectivity index (χ2n) is 6.02. The van der Waals surface area contributed by atoms with Gasteiger partial charge in [0.1, 0.15) is 0 Å². The average molecular weight is 236 g/mol. The molecule has 0 saturated heterocycles. The van der Waals surface area contributed by atoms with Gasteiger partial charge < -0.3 is 0 Å². The van der Waals surface area contributed by atoms with Crippen LogP contribution in [0.25, 0.3) is 0 Å².